The Morgan fingerprint density at radius 3 is 2.45 bits per heavy atom. The van der Waals surface area contributed by atoms with Crippen molar-refractivity contribution in [2.24, 2.45) is 0 Å². The largest absolute Gasteiger partial charge is 0.387 e. The third kappa shape index (κ3) is 3.92. The summed E-state index contributed by atoms with van der Waals surface area (Å²) in [6.07, 6.45) is -1.02. The maximum atomic E-state index is 13.6. The van der Waals surface area contributed by atoms with Crippen molar-refractivity contribution < 1.29 is 18.7 Å². The first-order valence-corrected chi connectivity index (χ1v) is 7.20. The van der Waals surface area contributed by atoms with Gasteiger partial charge in [0.1, 0.15) is 11.6 Å². The maximum Gasteiger partial charge on any atom is 0.319 e. The molecule has 1 atom stereocenters. The first kappa shape index (κ1) is 16.6. The summed E-state index contributed by atoms with van der Waals surface area (Å²) in [7, 11) is 3.41. The molecule has 0 aliphatic carbocycles. The number of amides is 2. The molecule has 0 radical (unpaired) electrons. The summed E-state index contributed by atoms with van der Waals surface area (Å²) in [5, 5.41) is 10.1. The van der Waals surface area contributed by atoms with E-state index in [0.717, 1.165) is 12.1 Å². The minimum absolute atomic E-state index is 0.0372. The van der Waals surface area contributed by atoms with Gasteiger partial charge in [-0.3, -0.25) is 4.90 Å². The molecular formula is C15H21F2N3O2. The van der Waals surface area contributed by atoms with Crippen molar-refractivity contribution in [3.63, 3.8) is 0 Å². The fourth-order valence-corrected chi connectivity index (χ4v) is 2.52. The summed E-state index contributed by atoms with van der Waals surface area (Å²) in [6.45, 7) is 2.61. The van der Waals surface area contributed by atoms with Crippen LogP contribution in [0.25, 0.3) is 0 Å². The van der Waals surface area contributed by atoms with Gasteiger partial charge >= 0.3 is 6.03 Å². The number of urea groups is 1. The van der Waals surface area contributed by atoms with Crippen molar-refractivity contribution in [1.82, 2.24) is 14.7 Å². The molecular weight excluding hydrogens is 292 g/mol. The maximum absolute atomic E-state index is 13.6. The Balaban J connectivity index is 1.89. The van der Waals surface area contributed by atoms with Crippen LogP contribution in [0.3, 0.4) is 0 Å². The van der Waals surface area contributed by atoms with E-state index in [1.165, 1.54) is 11.0 Å². The number of aliphatic hydroxyl groups excluding tert-OH is 1. The van der Waals surface area contributed by atoms with E-state index in [2.05, 4.69) is 0 Å². The lowest BCUT2D eigenvalue weighted by Gasteiger charge is -2.36. The van der Waals surface area contributed by atoms with Gasteiger partial charge in [-0.2, -0.15) is 0 Å². The molecule has 2 rings (SSSR count). The lowest BCUT2D eigenvalue weighted by Crippen LogP contribution is -2.52. The standard InChI is InChI=1S/C15H21F2N3O2/c1-18(2)15(22)20-7-5-19(6-8-20)10-14(21)12-4-3-11(16)9-13(12)17/h3-4,9,14,21H,5-8,10H2,1-2H3. The summed E-state index contributed by atoms with van der Waals surface area (Å²) in [6, 6.07) is 3.13. The van der Waals surface area contributed by atoms with Crippen LogP contribution in [0.4, 0.5) is 13.6 Å². The Bertz CT molecular complexity index is 532. The number of rotatable bonds is 3. The number of aliphatic hydroxyl groups is 1. The van der Waals surface area contributed by atoms with Gasteiger partial charge in [-0.25, -0.2) is 13.6 Å². The number of piperazine rings is 1. The van der Waals surface area contributed by atoms with Crippen LogP contribution in [0.5, 0.6) is 0 Å². The van der Waals surface area contributed by atoms with Gasteiger partial charge in [0.05, 0.1) is 6.10 Å². The summed E-state index contributed by atoms with van der Waals surface area (Å²) < 4.78 is 26.5. The minimum Gasteiger partial charge on any atom is -0.387 e. The van der Waals surface area contributed by atoms with Gasteiger partial charge in [-0.15, -0.1) is 0 Å². The van der Waals surface area contributed by atoms with E-state index in [0.29, 0.717) is 26.2 Å². The van der Waals surface area contributed by atoms with Crippen molar-refractivity contribution in [3.05, 3.63) is 35.4 Å². The minimum atomic E-state index is -1.02. The Morgan fingerprint density at radius 1 is 1.27 bits per heavy atom. The molecule has 1 unspecified atom stereocenters. The number of nitrogens with zero attached hydrogens (tertiary/aromatic N) is 3. The highest BCUT2D eigenvalue weighted by Crippen LogP contribution is 2.19. The van der Waals surface area contributed by atoms with Gasteiger partial charge in [0.15, 0.2) is 0 Å². The lowest BCUT2D eigenvalue weighted by molar-refractivity contribution is 0.0746. The Labute approximate surface area is 128 Å². The lowest BCUT2D eigenvalue weighted by atomic mass is 10.1. The second kappa shape index (κ2) is 7.02. The van der Waals surface area contributed by atoms with Gasteiger partial charge in [0.25, 0.3) is 0 Å². The van der Waals surface area contributed by atoms with Crippen LogP contribution in [0, 0.1) is 11.6 Å². The molecule has 1 aromatic rings. The van der Waals surface area contributed by atoms with Gasteiger partial charge < -0.3 is 14.9 Å². The van der Waals surface area contributed by atoms with Crippen molar-refractivity contribution in [3.8, 4) is 0 Å². The van der Waals surface area contributed by atoms with Crippen molar-refractivity contribution in [2.45, 2.75) is 6.10 Å². The van der Waals surface area contributed by atoms with Crippen LogP contribution in [0.15, 0.2) is 18.2 Å². The zero-order valence-electron chi connectivity index (χ0n) is 12.8. The van der Waals surface area contributed by atoms with E-state index in [1.807, 2.05) is 4.90 Å². The molecule has 7 heteroatoms. The van der Waals surface area contributed by atoms with E-state index < -0.39 is 17.7 Å². The molecule has 0 saturated carbocycles. The Kier molecular flexibility index (Phi) is 5.31. The predicted molar refractivity (Wildman–Crippen MR) is 78.4 cm³/mol. The molecule has 1 saturated heterocycles. The molecule has 1 aliphatic heterocycles. The van der Waals surface area contributed by atoms with Crippen molar-refractivity contribution >= 4 is 6.03 Å². The van der Waals surface area contributed by atoms with Gasteiger partial charge in [0.2, 0.25) is 0 Å². The van der Waals surface area contributed by atoms with Crippen LogP contribution in [0.2, 0.25) is 0 Å². The van der Waals surface area contributed by atoms with E-state index in [9.17, 15) is 18.7 Å². The van der Waals surface area contributed by atoms with Gasteiger partial charge in [0, 0.05) is 58.4 Å². The van der Waals surface area contributed by atoms with Gasteiger partial charge in [-0.1, -0.05) is 6.07 Å². The highest BCUT2D eigenvalue weighted by molar-refractivity contribution is 5.73. The van der Waals surface area contributed by atoms with E-state index in [1.54, 1.807) is 19.0 Å². The first-order chi connectivity index (χ1) is 10.4. The van der Waals surface area contributed by atoms with Gasteiger partial charge in [-0.05, 0) is 6.07 Å². The van der Waals surface area contributed by atoms with E-state index in [4.69, 9.17) is 0 Å². The SMILES string of the molecule is CN(C)C(=O)N1CCN(CC(O)c2ccc(F)cc2F)CC1. The summed E-state index contributed by atoms with van der Waals surface area (Å²) in [5.74, 6) is -1.40. The topological polar surface area (TPSA) is 47.0 Å². The highest BCUT2D eigenvalue weighted by Gasteiger charge is 2.24. The summed E-state index contributed by atoms with van der Waals surface area (Å²) >= 11 is 0. The normalized spacial score (nSPS) is 17.4. The third-order valence-electron chi connectivity index (χ3n) is 3.78. The summed E-state index contributed by atoms with van der Waals surface area (Å²) in [4.78, 5) is 17.1. The van der Waals surface area contributed by atoms with Crippen LogP contribution in [0.1, 0.15) is 11.7 Å². The number of hydrogen-bond donors (Lipinski definition) is 1. The second-order valence-corrected chi connectivity index (χ2v) is 5.65. The molecule has 0 bridgehead atoms. The van der Waals surface area contributed by atoms with Crippen LogP contribution in [-0.2, 0) is 0 Å². The zero-order valence-corrected chi connectivity index (χ0v) is 12.8. The molecule has 1 fully saturated rings. The number of carbonyl (C=O) groups excluding carboxylic acids is 1. The molecule has 0 aromatic heterocycles. The third-order valence-corrected chi connectivity index (χ3v) is 3.78. The highest BCUT2D eigenvalue weighted by atomic mass is 19.1. The molecule has 5 nitrogen and oxygen atoms in total. The monoisotopic (exact) mass is 313 g/mol. The molecule has 1 aromatic carbocycles. The zero-order chi connectivity index (χ0) is 16.3. The first-order valence-electron chi connectivity index (χ1n) is 7.20. The molecule has 1 N–H and O–H groups in total. The predicted octanol–water partition coefficient (Wildman–Crippen LogP) is 1.30. The quantitative estimate of drug-likeness (QED) is 0.915. The Hall–Kier alpha value is -1.73. The average molecular weight is 313 g/mol. The molecule has 1 aliphatic rings. The van der Waals surface area contributed by atoms with Crippen molar-refractivity contribution in [1.29, 1.82) is 0 Å². The molecule has 2 amide bonds. The molecule has 122 valence electrons. The van der Waals surface area contributed by atoms with E-state index >= 15 is 0 Å². The molecule has 22 heavy (non-hydrogen) atoms. The number of β-amino-alcohol motifs (C(OH)–C–C–N with tert-alkyl or cyclic N) is 1. The number of carbonyl (C=O) groups is 1. The Morgan fingerprint density at radius 2 is 1.91 bits per heavy atom. The van der Waals surface area contributed by atoms with Crippen LogP contribution in [-0.4, -0.2) is 72.7 Å². The molecule has 0 spiro atoms. The van der Waals surface area contributed by atoms with E-state index in [-0.39, 0.29) is 18.1 Å². The summed E-state index contributed by atoms with van der Waals surface area (Å²) in [5.41, 5.74) is 0.0909. The fraction of sp³-hybridized carbons (Fsp3) is 0.533. The average Bonchev–Trinajstić information content (AvgIpc) is 2.47. The fourth-order valence-electron chi connectivity index (χ4n) is 2.52. The second-order valence-electron chi connectivity index (χ2n) is 5.65. The van der Waals surface area contributed by atoms with Crippen molar-refractivity contribution in [2.75, 3.05) is 46.8 Å². The smallest absolute Gasteiger partial charge is 0.319 e. The number of halogens is 2. The molecule has 1 heterocycles. The number of benzene rings is 1. The van der Waals surface area contributed by atoms with Crippen LogP contribution >= 0.6 is 0 Å². The number of hydrogen-bond acceptors (Lipinski definition) is 3. The van der Waals surface area contributed by atoms with Crippen LogP contribution < -0.4 is 0 Å².